The Morgan fingerprint density at radius 2 is 1.62 bits per heavy atom. The number of nitriles is 1. The first-order valence-electron chi connectivity index (χ1n) is 5.09. The molecule has 0 bridgehead atoms. The second-order valence-corrected chi connectivity index (χ2v) is 4.25. The molecule has 1 saturated carbocycles. The number of hydrogen-bond donors (Lipinski definition) is 0. The molecule has 0 N–H and O–H groups in total. The highest BCUT2D eigenvalue weighted by molar-refractivity contribution is 6.62. The van der Waals surface area contributed by atoms with Crippen LogP contribution in [-0.4, -0.2) is 42.8 Å². The van der Waals surface area contributed by atoms with Gasteiger partial charge in [-0.25, -0.2) is 5.26 Å². The van der Waals surface area contributed by atoms with Crippen LogP contribution in [0, 0.1) is 11.2 Å². The number of hydrogen-bond acceptors (Lipinski definition) is 3. The van der Waals surface area contributed by atoms with Gasteiger partial charge >= 0.3 is 6.98 Å². The Labute approximate surface area is 80.4 Å². The van der Waals surface area contributed by atoms with Crippen molar-refractivity contribution in [2.24, 2.45) is 0 Å². The Morgan fingerprint density at radius 3 is 2.00 bits per heavy atom. The molecule has 0 aromatic rings. The Hall–Kier alpha value is -0.525. The molecule has 1 aliphatic heterocycles. The number of likely N-dealkylation sites (N-methyl/N-ethyl adjacent to an activating group) is 2. The van der Waals surface area contributed by atoms with E-state index in [0.717, 1.165) is 0 Å². The van der Waals surface area contributed by atoms with E-state index in [9.17, 15) is 0 Å². The van der Waals surface area contributed by atoms with Gasteiger partial charge in [-0.3, -0.25) is 0 Å². The van der Waals surface area contributed by atoms with Crippen molar-refractivity contribution in [2.75, 3.05) is 14.1 Å². The van der Waals surface area contributed by atoms with Crippen molar-refractivity contribution in [2.45, 2.75) is 37.8 Å². The zero-order chi connectivity index (χ0) is 9.42. The predicted molar refractivity (Wildman–Crippen MR) is 52.9 cm³/mol. The summed E-state index contributed by atoms with van der Waals surface area (Å²) in [5.41, 5.74) is 0. The fourth-order valence-electron chi connectivity index (χ4n) is 2.87. The molecule has 70 valence electrons. The summed E-state index contributed by atoms with van der Waals surface area (Å²) in [5.74, 6) is 2.37. The van der Waals surface area contributed by atoms with E-state index in [4.69, 9.17) is 5.26 Å². The first-order valence-corrected chi connectivity index (χ1v) is 5.09. The van der Waals surface area contributed by atoms with E-state index in [1.807, 2.05) is 0 Å². The quantitative estimate of drug-likeness (QED) is 0.511. The Balaban J connectivity index is 2.18. The third kappa shape index (κ3) is 1.27. The number of rotatable bonds is 0. The highest BCUT2D eigenvalue weighted by atomic mass is 15.3. The molecule has 2 aliphatic rings. The summed E-state index contributed by atoms with van der Waals surface area (Å²) in [4.78, 5) is 4.48. The third-order valence-electron chi connectivity index (χ3n) is 3.63. The molecule has 0 aromatic carbocycles. The molecule has 1 aliphatic carbocycles. The SMILES string of the molecule is CN1B(C#N)N(C)C2CCCCC21. The highest BCUT2D eigenvalue weighted by Crippen LogP contribution is 2.32. The maximum absolute atomic E-state index is 9.02. The molecule has 2 fully saturated rings. The van der Waals surface area contributed by atoms with Crippen molar-refractivity contribution in [1.82, 2.24) is 9.62 Å². The van der Waals surface area contributed by atoms with E-state index in [2.05, 4.69) is 29.7 Å². The molecular weight excluding hydrogens is 161 g/mol. The van der Waals surface area contributed by atoms with E-state index >= 15 is 0 Å². The molecule has 4 heteroatoms. The van der Waals surface area contributed by atoms with Crippen LogP contribution < -0.4 is 0 Å². The number of nitrogens with zero attached hydrogens (tertiary/aromatic N) is 3. The fourth-order valence-corrected chi connectivity index (χ4v) is 2.87. The van der Waals surface area contributed by atoms with Gasteiger partial charge in [-0.15, -0.1) is 0 Å². The molecular formula is C9H16BN3. The summed E-state index contributed by atoms with van der Waals surface area (Å²) in [6, 6.07) is 1.26. The zero-order valence-corrected chi connectivity index (χ0v) is 8.40. The first-order chi connectivity index (χ1) is 6.25. The second-order valence-electron chi connectivity index (χ2n) is 4.25. The van der Waals surface area contributed by atoms with Crippen LogP contribution in [0.2, 0.25) is 0 Å². The minimum absolute atomic E-state index is 0.00750. The molecule has 0 spiro atoms. The van der Waals surface area contributed by atoms with Crippen LogP contribution in [0.4, 0.5) is 0 Å². The second kappa shape index (κ2) is 3.32. The standard InChI is InChI=1S/C9H16BN3/c1-12-8-5-3-4-6-9(8)13(2)10(12)7-11/h8-9H,3-6H2,1-2H3. The first kappa shape index (κ1) is 9.05. The molecule has 1 heterocycles. The minimum Gasteiger partial charge on any atom is -0.314 e. The molecule has 2 rings (SSSR count). The van der Waals surface area contributed by atoms with Crippen molar-refractivity contribution < 1.29 is 0 Å². The number of fused-ring (bicyclic) bond motifs is 1. The van der Waals surface area contributed by atoms with Crippen LogP contribution in [0.5, 0.6) is 0 Å². The van der Waals surface area contributed by atoms with Gasteiger partial charge in [-0.05, 0) is 26.9 Å². The van der Waals surface area contributed by atoms with Gasteiger partial charge in [0.15, 0.2) is 0 Å². The minimum atomic E-state index is 0.00750. The van der Waals surface area contributed by atoms with Crippen LogP contribution in [-0.2, 0) is 0 Å². The van der Waals surface area contributed by atoms with Gasteiger partial charge in [0.2, 0.25) is 0 Å². The lowest BCUT2D eigenvalue weighted by Crippen LogP contribution is -2.40. The summed E-state index contributed by atoms with van der Waals surface area (Å²) >= 11 is 0. The monoisotopic (exact) mass is 177 g/mol. The molecule has 2 unspecified atom stereocenters. The molecule has 2 atom stereocenters. The van der Waals surface area contributed by atoms with E-state index < -0.39 is 0 Å². The molecule has 0 aromatic heterocycles. The smallest absolute Gasteiger partial charge is 0.314 e. The van der Waals surface area contributed by atoms with Crippen LogP contribution in [0.3, 0.4) is 0 Å². The van der Waals surface area contributed by atoms with Gasteiger partial charge in [0.05, 0.1) is 0 Å². The van der Waals surface area contributed by atoms with E-state index in [0.29, 0.717) is 12.1 Å². The van der Waals surface area contributed by atoms with Crippen molar-refractivity contribution in [3.05, 3.63) is 0 Å². The largest absolute Gasteiger partial charge is 0.433 e. The van der Waals surface area contributed by atoms with Crippen LogP contribution in [0.15, 0.2) is 0 Å². The predicted octanol–water partition coefficient (Wildman–Crippen LogP) is 0.726. The average molecular weight is 177 g/mol. The van der Waals surface area contributed by atoms with Gasteiger partial charge in [0.1, 0.15) is 0 Å². The van der Waals surface area contributed by atoms with Crippen molar-refractivity contribution >= 4 is 6.98 Å². The molecule has 1 saturated heterocycles. The summed E-state index contributed by atoms with van der Waals surface area (Å²) in [6.07, 6.45) is 5.20. The summed E-state index contributed by atoms with van der Waals surface area (Å²) < 4.78 is 0. The van der Waals surface area contributed by atoms with Crippen LogP contribution in [0.25, 0.3) is 0 Å². The highest BCUT2D eigenvalue weighted by Gasteiger charge is 2.47. The van der Waals surface area contributed by atoms with Gasteiger partial charge in [-0.1, -0.05) is 12.8 Å². The maximum Gasteiger partial charge on any atom is 0.433 e. The molecule has 13 heavy (non-hydrogen) atoms. The Bertz CT molecular complexity index is 220. The maximum atomic E-state index is 9.02. The van der Waals surface area contributed by atoms with Gasteiger partial charge in [0.25, 0.3) is 0 Å². The summed E-state index contributed by atoms with van der Waals surface area (Å²) in [7, 11) is 4.17. The lowest BCUT2D eigenvalue weighted by molar-refractivity contribution is 0.233. The lowest BCUT2D eigenvalue weighted by Gasteiger charge is -2.31. The lowest BCUT2D eigenvalue weighted by atomic mass is 9.77. The van der Waals surface area contributed by atoms with Gasteiger partial charge < -0.3 is 9.62 Å². The van der Waals surface area contributed by atoms with Crippen molar-refractivity contribution in [3.63, 3.8) is 0 Å². The van der Waals surface area contributed by atoms with Crippen LogP contribution in [0.1, 0.15) is 25.7 Å². The van der Waals surface area contributed by atoms with E-state index in [1.54, 1.807) is 0 Å². The average Bonchev–Trinajstić information content (AvgIpc) is 2.41. The topological polar surface area (TPSA) is 30.3 Å². The van der Waals surface area contributed by atoms with E-state index in [-0.39, 0.29) is 6.98 Å². The summed E-state index contributed by atoms with van der Waals surface area (Å²) in [5, 5.41) is 9.02. The zero-order valence-electron chi connectivity index (χ0n) is 8.40. The summed E-state index contributed by atoms with van der Waals surface area (Å²) in [6.45, 7) is 0.00750. The Morgan fingerprint density at radius 1 is 1.15 bits per heavy atom. The molecule has 0 radical (unpaired) electrons. The van der Waals surface area contributed by atoms with Crippen LogP contribution >= 0.6 is 0 Å². The van der Waals surface area contributed by atoms with Crippen molar-refractivity contribution in [1.29, 1.82) is 5.26 Å². The molecule has 3 nitrogen and oxygen atoms in total. The Kier molecular flexibility index (Phi) is 2.31. The van der Waals surface area contributed by atoms with E-state index in [1.165, 1.54) is 25.7 Å². The fraction of sp³-hybridized carbons (Fsp3) is 0.889. The normalized spacial score (nSPS) is 35.9. The van der Waals surface area contributed by atoms with Gasteiger partial charge in [-0.2, -0.15) is 0 Å². The molecule has 0 amide bonds. The third-order valence-corrected chi connectivity index (χ3v) is 3.63. The van der Waals surface area contributed by atoms with Crippen molar-refractivity contribution in [3.8, 4) is 5.97 Å². The van der Waals surface area contributed by atoms with Gasteiger partial charge in [0, 0.05) is 18.1 Å².